The summed E-state index contributed by atoms with van der Waals surface area (Å²) in [6.07, 6.45) is 9.64. The molecule has 5 aliphatic rings. The zero-order chi connectivity index (χ0) is 29.6. The lowest BCUT2D eigenvalue weighted by Gasteiger charge is -2.38. The van der Waals surface area contributed by atoms with Gasteiger partial charge in [0.1, 0.15) is 11.6 Å². The number of ether oxygens (including phenoxy) is 1. The number of nitrogens with zero attached hydrogens (tertiary/aromatic N) is 2. The average Bonchev–Trinajstić information content (AvgIpc) is 3.60. The van der Waals surface area contributed by atoms with E-state index in [4.69, 9.17) is 16.3 Å². The molecule has 4 fully saturated rings. The number of rotatable bonds is 8. The van der Waals surface area contributed by atoms with Crippen molar-refractivity contribution in [2.24, 2.45) is 29.6 Å². The maximum Gasteiger partial charge on any atom is 0.246 e. The van der Waals surface area contributed by atoms with E-state index in [1.54, 1.807) is 29.2 Å². The fraction of sp³-hybridized carbons (Fsp3) is 0.667. The highest BCUT2D eigenvalue weighted by Crippen LogP contribution is 2.55. The Labute approximate surface area is 254 Å². The van der Waals surface area contributed by atoms with E-state index in [0.29, 0.717) is 35.0 Å². The molecular weight excluding hydrogens is 552 g/mol. The highest BCUT2D eigenvalue weighted by atomic mass is 35.5. The number of benzene rings is 1. The molecule has 9 atom stereocenters. The van der Waals surface area contributed by atoms with E-state index in [2.05, 4.69) is 36.3 Å². The molecule has 1 saturated carbocycles. The molecule has 1 spiro atoms. The molecule has 8 nitrogen and oxygen atoms in total. The summed E-state index contributed by atoms with van der Waals surface area (Å²) in [5.41, 5.74) is -0.533. The number of carbonyl (C=O) groups is 3. The lowest BCUT2D eigenvalue weighted by Crippen LogP contribution is -2.58. The third-order valence-corrected chi connectivity index (χ3v) is 10.9. The molecule has 1 aromatic rings. The van der Waals surface area contributed by atoms with E-state index >= 15 is 0 Å². The number of carbonyl (C=O) groups excluding carboxylic acids is 3. The fourth-order valence-electron chi connectivity index (χ4n) is 8.27. The maximum atomic E-state index is 14.3. The Balaban J connectivity index is 1.24. The molecular formula is C33H45ClN4O4. The van der Waals surface area contributed by atoms with Crippen LogP contribution in [0.5, 0.6) is 0 Å². The van der Waals surface area contributed by atoms with Crippen molar-refractivity contribution in [3.8, 4) is 0 Å². The third-order valence-electron chi connectivity index (χ3n) is 10.7. The number of likely N-dealkylation sites (tertiary alicyclic amines) is 2. The maximum absolute atomic E-state index is 14.3. The molecule has 0 unspecified atom stereocenters. The molecule has 3 amide bonds. The summed E-state index contributed by atoms with van der Waals surface area (Å²) < 4.78 is 6.53. The summed E-state index contributed by atoms with van der Waals surface area (Å²) in [6.45, 7) is 10.2. The molecule has 1 aliphatic carbocycles. The van der Waals surface area contributed by atoms with Gasteiger partial charge in [0.2, 0.25) is 17.7 Å². The summed E-state index contributed by atoms with van der Waals surface area (Å²) in [6, 6.07) is 6.19. The largest absolute Gasteiger partial charge is 0.359 e. The van der Waals surface area contributed by atoms with E-state index < -0.39 is 29.6 Å². The molecule has 228 valence electrons. The van der Waals surface area contributed by atoms with Crippen LogP contribution < -0.4 is 10.6 Å². The number of amides is 3. The monoisotopic (exact) mass is 596 g/mol. The Morgan fingerprint density at radius 3 is 2.60 bits per heavy atom. The van der Waals surface area contributed by atoms with Crippen LogP contribution in [0.2, 0.25) is 5.02 Å². The zero-order valence-corrected chi connectivity index (χ0v) is 25.8. The van der Waals surface area contributed by atoms with E-state index in [1.807, 2.05) is 12.2 Å². The molecule has 42 heavy (non-hydrogen) atoms. The van der Waals surface area contributed by atoms with Crippen LogP contribution in [0, 0.1) is 29.6 Å². The van der Waals surface area contributed by atoms with Gasteiger partial charge in [-0.2, -0.15) is 0 Å². The molecule has 4 heterocycles. The van der Waals surface area contributed by atoms with Gasteiger partial charge in [0.25, 0.3) is 0 Å². The smallest absolute Gasteiger partial charge is 0.246 e. The van der Waals surface area contributed by atoms with Gasteiger partial charge in [-0.05, 0) is 80.8 Å². The van der Waals surface area contributed by atoms with Crippen molar-refractivity contribution in [3.63, 3.8) is 0 Å². The minimum Gasteiger partial charge on any atom is -0.359 e. The van der Waals surface area contributed by atoms with Crippen molar-refractivity contribution in [1.82, 2.24) is 15.1 Å². The van der Waals surface area contributed by atoms with Crippen molar-refractivity contribution in [3.05, 3.63) is 41.4 Å². The van der Waals surface area contributed by atoms with Gasteiger partial charge in [-0.25, -0.2) is 0 Å². The number of fused-ring (bicyclic) bond motifs is 1. The van der Waals surface area contributed by atoms with Crippen molar-refractivity contribution in [2.45, 2.75) is 83.1 Å². The Hall–Kier alpha value is -2.42. The lowest BCUT2D eigenvalue weighted by molar-refractivity contribution is -0.141. The Morgan fingerprint density at radius 2 is 1.83 bits per heavy atom. The summed E-state index contributed by atoms with van der Waals surface area (Å²) >= 11 is 6.03. The Morgan fingerprint density at radius 1 is 1.05 bits per heavy atom. The van der Waals surface area contributed by atoms with Crippen molar-refractivity contribution in [2.75, 3.05) is 31.5 Å². The first-order chi connectivity index (χ1) is 20.2. The van der Waals surface area contributed by atoms with Crippen molar-refractivity contribution in [1.29, 1.82) is 0 Å². The first-order valence-corrected chi connectivity index (χ1v) is 16.3. The fourth-order valence-corrected chi connectivity index (χ4v) is 8.39. The second-order valence-corrected chi connectivity index (χ2v) is 13.9. The van der Waals surface area contributed by atoms with Crippen molar-refractivity contribution >= 4 is 35.0 Å². The molecule has 0 radical (unpaired) electrons. The predicted octanol–water partition coefficient (Wildman–Crippen LogP) is 4.49. The SMILES string of the molecule is C[C@@H]1CCCN(CCCN2C(=O)[C@@H]3[C@H](C(=O)Nc4ccc(Cl)cc4)[C@@H]4C=C[C@@]3(O4)[C@@H]2C(=O)N[C@@H]2CCC[C@@H](C)[C@@H]2C)C1. The Bertz CT molecular complexity index is 1220. The van der Waals surface area contributed by atoms with Crippen LogP contribution >= 0.6 is 11.6 Å². The molecule has 2 bridgehead atoms. The van der Waals surface area contributed by atoms with Gasteiger partial charge >= 0.3 is 0 Å². The second-order valence-electron chi connectivity index (χ2n) is 13.5. The highest BCUT2D eigenvalue weighted by Gasteiger charge is 2.72. The third kappa shape index (κ3) is 5.39. The summed E-state index contributed by atoms with van der Waals surface area (Å²) in [5, 5.41) is 6.89. The van der Waals surface area contributed by atoms with Crippen LogP contribution in [0.4, 0.5) is 5.69 Å². The average molecular weight is 597 g/mol. The van der Waals surface area contributed by atoms with Gasteiger partial charge in [0.05, 0.1) is 17.9 Å². The van der Waals surface area contributed by atoms with Crippen LogP contribution in [0.1, 0.15) is 59.3 Å². The number of anilines is 1. The van der Waals surface area contributed by atoms with E-state index in [1.165, 1.54) is 19.3 Å². The van der Waals surface area contributed by atoms with E-state index in [9.17, 15) is 14.4 Å². The van der Waals surface area contributed by atoms with Crippen LogP contribution in [0.3, 0.4) is 0 Å². The van der Waals surface area contributed by atoms with Gasteiger partial charge in [0, 0.05) is 29.8 Å². The van der Waals surface area contributed by atoms with Gasteiger partial charge in [-0.1, -0.05) is 57.4 Å². The first-order valence-electron chi connectivity index (χ1n) is 15.9. The first kappa shape index (κ1) is 29.6. The standard InChI is InChI=1S/C33H45ClN4O4/c1-20-7-5-16-37(19-20)17-6-18-38-29(31(40)36-25-9-4-8-21(2)22(25)3)33-15-14-26(42-33)27(28(33)32(38)41)30(39)35-24-12-10-23(34)11-13-24/h10-15,20-22,25-29H,4-9,16-19H2,1-3H3,(H,35,39)(H,36,40)/t20-,21-,22+,25-,26+,27-,28+,29+,33+/m1/s1. The number of hydrogen-bond acceptors (Lipinski definition) is 5. The summed E-state index contributed by atoms with van der Waals surface area (Å²) in [4.78, 5) is 46.3. The zero-order valence-electron chi connectivity index (χ0n) is 25.1. The van der Waals surface area contributed by atoms with Crippen molar-refractivity contribution < 1.29 is 19.1 Å². The van der Waals surface area contributed by atoms with Gasteiger partial charge in [-0.15, -0.1) is 0 Å². The molecule has 9 heteroatoms. The van der Waals surface area contributed by atoms with E-state index in [0.717, 1.165) is 38.9 Å². The van der Waals surface area contributed by atoms with Gasteiger partial charge < -0.3 is 25.2 Å². The molecule has 2 N–H and O–H groups in total. The quantitative estimate of drug-likeness (QED) is 0.432. The molecule has 3 saturated heterocycles. The van der Waals surface area contributed by atoms with Crippen LogP contribution in [0.25, 0.3) is 0 Å². The number of hydrogen-bond donors (Lipinski definition) is 2. The van der Waals surface area contributed by atoms with Crippen LogP contribution in [0.15, 0.2) is 36.4 Å². The number of nitrogens with one attached hydrogen (secondary N) is 2. The molecule has 0 aromatic heterocycles. The number of piperidine rings is 1. The lowest BCUT2D eigenvalue weighted by atomic mass is 9.73. The molecule has 6 rings (SSSR count). The predicted molar refractivity (Wildman–Crippen MR) is 163 cm³/mol. The summed E-state index contributed by atoms with van der Waals surface area (Å²) in [7, 11) is 0. The number of halogens is 1. The normalized spacial score (nSPS) is 37.6. The summed E-state index contributed by atoms with van der Waals surface area (Å²) in [5.74, 6) is -0.478. The van der Waals surface area contributed by atoms with E-state index in [-0.39, 0.29) is 23.8 Å². The molecule has 4 aliphatic heterocycles. The molecule has 1 aromatic carbocycles. The topological polar surface area (TPSA) is 91.0 Å². The van der Waals surface area contributed by atoms with Gasteiger partial charge in [0.15, 0.2) is 0 Å². The van der Waals surface area contributed by atoms with Crippen LogP contribution in [-0.4, -0.2) is 77.5 Å². The van der Waals surface area contributed by atoms with Gasteiger partial charge in [-0.3, -0.25) is 14.4 Å². The second kappa shape index (κ2) is 11.9. The minimum atomic E-state index is -1.14. The highest BCUT2D eigenvalue weighted by molar-refractivity contribution is 6.30. The Kier molecular flexibility index (Phi) is 8.42. The minimum absolute atomic E-state index is 0.0649. The van der Waals surface area contributed by atoms with Crippen LogP contribution in [-0.2, 0) is 19.1 Å².